The highest BCUT2D eigenvalue weighted by atomic mass is 32.1. The van der Waals surface area contributed by atoms with E-state index in [1.807, 2.05) is 23.2 Å². The van der Waals surface area contributed by atoms with Gasteiger partial charge in [-0.25, -0.2) is 0 Å². The van der Waals surface area contributed by atoms with Crippen LogP contribution in [0.1, 0.15) is 49.1 Å². The molecule has 19 heavy (non-hydrogen) atoms. The fraction of sp³-hybridized carbons (Fsp3) is 0.667. The van der Waals surface area contributed by atoms with E-state index < -0.39 is 0 Å². The number of hydrogen-bond donors (Lipinski definition) is 1. The fourth-order valence-electron chi connectivity index (χ4n) is 3.24. The van der Waals surface area contributed by atoms with Crippen LogP contribution in [0.25, 0.3) is 0 Å². The lowest BCUT2D eigenvalue weighted by Gasteiger charge is -2.28. The Bertz CT molecular complexity index is 451. The van der Waals surface area contributed by atoms with E-state index in [2.05, 4.69) is 16.8 Å². The summed E-state index contributed by atoms with van der Waals surface area (Å²) in [4.78, 5) is 15.8. The van der Waals surface area contributed by atoms with Gasteiger partial charge in [0.15, 0.2) is 0 Å². The SMILES string of the molecule is CC(NC1CCCc2sccc21)C(=O)N1CCCC1. The van der Waals surface area contributed by atoms with Crippen molar-refractivity contribution in [3.63, 3.8) is 0 Å². The third-order valence-corrected chi connectivity index (χ3v) is 5.29. The van der Waals surface area contributed by atoms with Crippen molar-refractivity contribution in [2.45, 2.75) is 51.1 Å². The summed E-state index contributed by atoms with van der Waals surface area (Å²) in [5, 5.41) is 5.73. The average Bonchev–Trinajstić information content (AvgIpc) is 3.09. The zero-order valence-corrected chi connectivity index (χ0v) is 12.3. The van der Waals surface area contributed by atoms with Gasteiger partial charge in [0, 0.05) is 24.0 Å². The molecule has 2 aliphatic rings. The van der Waals surface area contributed by atoms with Gasteiger partial charge < -0.3 is 4.90 Å². The van der Waals surface area contributed by atoms with E-state index in [1.165, 1.54) is 23.3 Å². The molecule has 2 unspecified atom stereocenters. The summed E-state index contributed by atoms with van der Waals surface area (Å²) >= 11 is 1.85. The number of amides is 1. The van der Waals surface area contributed by atoms with Crippen LogP contribution in [-0.4, -0.2) is 29.9 Å². The maximum absolute atomic E-state index is 12.3. The molecular formula is C15H22N2OS. The van der Waals surface area contributed by atoms with E-state index in [1.54, 1.807) is 0 Å². The number of hydrogen-bond acceptors (Lipinski definition) is 3. The predicted molar refractivity (Wildman–Crippen MR) is 78.4 cm³/mol. The number of likely N-dealkylation sites (tertiary alicyclic amines) is 1. The van der Waals surface area contributed by atoms with Crippen LogP contribution in [0, 0.1) is 0 Å². The molecule has 0 saturated carbocycles. The van der Waals surface area contributed by atoms with Crippen LogP contribution in [0.3, 0.4) is 0 Å². The number of fused-ring (bicyclic) bond motifs is 1. The first-order valence-electron chi connectivity index (χ1n) is 7.37. The molecule has 1 amide bonds. The minimum atomic E-state index is -0.0612. The molecule has 0 bridgehead atoms. The molecule has 3 nitrogen and oxygen atoms in total. The van der Waals surface area contributed by atoms with Gasteiger partial charge in [-0.1, -0.05) is 0 Å². The van der Waals surface area contributed by atoms with Crippen LogP contribution in [0.2, 0.25) is 0 Å². The standard InChI is InChI=1S/C15H22N2OS/c1-11(15(18)17-8-2-3-9-17)16-13-5-4-6-14-12(13)7-10-19-14/h7,10-11,13,16H,2-6,8-9H2,1H3. The molecule has 2 heterocycles. The highest BCUT2D eigenvalue weighted by Gasteiger charge is 2.27. The maximum Gasteiger partial charge on any atom is 0.239 e. The van der Waals surface area contributed by atoms with E-state index in [-0.39, 0.29) is 11.9 Å². The number of thiophene rings is 1. The summed E-state index contributed by atoms with van der Waals surface area (Å²) in [6.07, 6.45) is 5.92. The minimum Gasteiger partial charge on any atom is -0.341 e. The Labute approximate surface area is 119 Å². The molecule has 0 radical (unpaired) electrons. The monoisotopic (exact) mass is 278 g/mol. The Morgan fingerprint density at radius 3 is 3.00 bits per heavy atom. The van der Waals surface area contributed by atoms with Gasteiger partial charge in [-0.3, -0.25) is 10.1 Å². The number of carbonyl (C=O) groups excluding carboxylic acids is 1. The second-order valence-electron chi connectivity index (χ2n) is 5.66. The molecule has 1 aliphatic carbocycles. The Balaban J connectivity index is 1.64. The molecule has 0 aromatic carbocycles. The number of nitrogens with one attached hydrogen (secondary N) is 1. The molecule has 104 valence electrons. The normalized spacial score (nSPS) is 24.3. The molecule has 0 spiro atoms. The zero-order valence-electron chi connectivity index (χ0n) is 11.5. The van der Waals surface area contributed by atoms with Gasteiger partial charge >= 0.3 is 0 Å². The predicted octanol–water partition coefficient (Wildman–Crippen LogP) is 2.73. The summed E-state index contributed by atoms with van der Waals surface area (Å²) in [5.41, 5.74) is 1.43. The number of aryl methyl sites for hydroxylation is 1. The van der Waals surface area contributed by atoms with Crippen molar-refractivity contribution in [3.8, 4) is 0 Å². The van der Waals surface area contributed by atoms with Crippen molar-refractivity contribution >= 4 is 17.2 Å². The van der Waals surface area contributed by atoms with Crippen LogP contribution < -0.4 is 5.32 Å². The van der Waals surface area contributed by atoms with Gasteiger partial charge in [0.25, 0.3) is 0 Å². The first-order valence-corrected chi connectivity index (χ1v) is 8.25. The lowest BCUT2D eigenvalue weighted by atomic mass is 9.93. The topological polar surface area (TPSA) is 32.3 Å². The zero-order chi connectivity index (χ0) is 13.2. The number of nitrogens with zero attached hydrogens (tertiary/aromatic N) is 1. The average molecular weight is 278 g/mol. The summed E-state index contributed by atoms with van der Waals surface area (Å²) in [5.74, 6) is 0.278. The minimum absolute atomic E-state index is 0.0612. The first kappa shape index (κ1) is 13.1. The molecule has 1 aromatic rings. The van der Waals surface area contributed by atoms with Crippen molar-refractivity contribution in [3.05, 3.63) is 21.9 Å². The Morgan fingerprint density at radius 1 is 1.42 bits per heavy atom. The van der Waals surface area contributed by atoms with E-state index in [4.69, 9.17) is 0 Å². The highest BCUT2D eigenvalue weighted by molar-refractivity contribution is 7.10. The molecule has 1 aliphatic heterocycles. The Morgan fingerprint density at radius 2 is 2.21 bits per heavy atom. The Kier molecular flexibility index (Phi) is 3.89. The lowest BCUT2D eigenvalue weighted by molar-refractivity contribution is -0.132. The summed E-state index contributed by atoms with van der Waals surface area (Å²) in [7, 11) is 0. The molecule has 4 heteroatoms. The van der Waals surface area contributed by atoms with E-state index in [0.717, 1.165) is 32.4 Å². The molecule has 2 atom stereocenters. The second kappa shape index (κ2) is 5.63. The van der Waals surface area contributed by atoms with Crippen molar-refractivity contribution in [1.29, 1.82) is 0 Å². The largest absolute Gasteiger partial charge is 0.341 e. The summed E-state index contributed by atoms with van der Waals surface area (Å²) < 4.78 is 0. The molecule has 3 rings (SSSR count). The third-order valence-electron chi connectivity index (χ3n) is 4.29. The van der Waals surface area contributed by atoms with Gasteiger partial charge in [0.05, 0.1) is 6.04 Å². The van der Waals surface area contributed by atoms with Crippen molar-refractivity contribution in [2.75, 3.05) is 13.1 Å². The van der Waals surface area contributed by atoms with Gasteiger partial charge in [0.1, 0.15) is 0 Å². The molecule has 1 fully saturated rings. The Hall–Kier alpha value is -0.870. The molecule has 1 aromatic heterocycles. The van der Waals surface area contributed by atoms with Crippen LogP contribution in [0.5, 0.6) is 0 Å². The van der Waals surface area contributed by atoms with Crippen molar-refractivity contribution in [1.82, 2.24) is 10.2 Å². The van der Waals surface area contributed by atoms with Gasteiger partial charge in [-0.2, -0.15) is 0 Å². The van der Waals surface area contributed by atoms with Gasteiger partial charge in [0.2, 0.25) is 5.91 Å². The number of carbonyl (C=O) groups is 1. The molecule has 1 saturated heterocycles. The van der Waals surface area contributed by atoms with E-state index in [0.29, 0.717) is 6.04 Å². The first-order chi connectivity index (χ1) is 9.25. The van der Waals surface area contributed by atoms with E-state index >= 15 is 0 Å². The van der Waals surface area contributed by atoms with E-state index in [9.17, 15) is 4.79 Å². The van der Waals surface area contributed by atoms with Crippen LogP contribution in [0.4, 0.5) is 0 Å². The fourth-order valence-corrected chi connectivity index (χ4v) is 4.23. The highest BCUT2D eigenvalue weighted by Crippen LogP contribution is 2.33. The van der Waals surface area contributed by atoms with Gasteiger partial charge in [-0.15, -0.1) is 11.3 Å². The smallest absolute Gasteiger partial charge is 0.239 e. The second-order valence-corrected chi connectivity index (χ2v) is 6.67. The van der Waals surface area contributed by atoms with Crippen molar-refractivity contribution in [2.24, 2.45) is 0 Å². The summed E-state index contributed by atoms with van der Waals surface area (Å²) in [6.45, 7) is 3.90. The molecular weight excluding hydrogens is 256 g/mol. The van der Waals surface area contributed by atoms with Crippen LogP contribution >= 0.6 is 11.3 Å². The lowest BCUT2D eigenvalue weighted by Crippen LogP contribution is -2.45. The van der Waals surface area contributed by atoms with Crippen LogP contribution in [-0.2, 0) is 11.2 Å². The van der Waals surface area contributed by atoms with Crippen molar-refractivity contribution < 1.29 is 4.79 Å². The quantitative estimate of drug-likeness (QED) is 0.922. The summed E-state index contributed by atoms with van der Waals surface area (Å²) in [6, 6.07) is 2.54. The maximum atomic E-state index is 12.3. The third kappa shape index (κ3) is 2.70. The van der Waals surface area contributed by atoms with Gasteiger partial charge in [-0.05, 0) is 56.0 Å². The number of rotatable bonds is 3. The molecule has 1 N–H and O–H groups in total. The van der Waals surface area contributed by atoms with Crippen LogP contribution in [0.15, 0.2) is 11.4 Å².